The predicted octanol–water partition coefficient (Wildman–Crippen LogP) is 2.16. The van der Waals surface area contributed by atoms with E-state index in [-0.39, 0.29) is 0 Å². The lowest BCUT2D eigenvalue weighted by Gasteiger charge is -2.22. The Hall–Kier alpha value is -1.00. The Bertz CT molecular complexity index is 406. The summed E-state index contributed by atoms with van der Waals surface area (Å²) in [6, 6.07) is 8.37. The Balaban J connectivity index is 1.91. The Kier molecular flexibility index (Phi) is 3.45. The van der Waals surface area contributed by atoms with Crippen LogP contribution in [0, 0.1) is 0 Å². The van der Waals surface area contributed by atoms with Gasteiger partial charge in [0.05, 0.1) is 0 Å². The smallest absolute Gasteiger partial charge is 0.323 e. The molecule has 1 unspecified atom stereocenters. The summed E-state index contributed by atoms with van der Waals surface area (Å²) < 4.78 is 0. The van der Waals surface area contributed by atoms with E-state index >= 15 is 0 Å². The number of fused-ring (bicyclic) bond motifs is 1. The summed E-state index contributed by atoms with van der Waals surface area (Å²) in [5.74, 6) is -0.807. The third-order valence-corrected chi connectivity index (χ3v) is 4.34. The first-order valence-corrected chi connectivity index (χ1v) is 6.60. The highest BCUT2D eigenvalue weighted by molar-refractivity contribution is 8.00. The van der Waals surface area contributed by atoms with Crippen molar-refractivity contribution >= 4 is 17.7 Å². The van der Waals surface area contributed by atoms with Crippen LogP contribution in [0.25, 0.3) is 0 Å². The van der Waals surface area contributed by atoms with Crippen molar-refractivity contribution in [2.75, 3.05) is 6.54 Å². The Morgan fingerprint density at radius 3 is 2.88 bits per heavy atom. The number of nitrogens with one attached hydrogen (secondary N) is 1. The summed E-state index contributed by atoms with van der Waals surface area (Å²) >= 11 is 1.83. The third-order valence-electron chi connectivity index (χ3n) is 3.02. The van der Waals surface area contributed by atoms with Gasteiger partial charge in [-0.3, -0.25) is 4.79 Å². The molecule has 3 nitrogen and oxygen atoms in total. The number of carboxylic acid groups (broad SMARTS) is 1. The zero-order valence-corrected chi connectivity index (χ0v) is 10.9. The van der Waals surface area contributed by atoms with Gasteiger partial charge >= 0.3 is 5.97 Å². The summed E-state index contributed by atoms with van der Waals surface area (Å²) in [7, 11) is 0. The Morgan fingerprint density at radius 1 is 1.53 bits per heavy atom. The summed E-state index contributed by atoms with van der Waals surface area (Å²) in [6.45, 7) is 4.11. The van der Waals surface area contributed by atoms with Gasteiger partial charge in [0.1, 0.15) is 5.54 Å². The largest absolute Gasteiger partial charge is 0.480 e. The second kappa shape index (κ2) is 4.70. The van der Waals surface area contributed by atoms with Gasteiger partial charge in [0.25, 0.3) is 0 Å². The molecule has 2 N–H and O–H groups in total. The number of thioether (sulfide) groups is 1. The Morgan fingerprint density at radius 2 is 2.24 bits per heavy atom. The molecular formula is C13H17NO2S. The lowest BCUT2D eigenvalue weighted by molar-refractivity contribution is -0.143. The molecule has 1 aromatic rings. The molecule has 1 heterocycles. The molecule has 0 aliphatic carbocycles. The lowest BCUT2D eigenvalue weighted by atomic mass is 10.1. The molecule has 0 saturated heterocycles. The third kappa shape index (κ3) is 2.82. The van der Waals surface area contributed by atoms with Crippen molar-refractivity contribution in [1.82, 2.24) is 5.32 Å². The van der Waals surface area contributed by atoms with Crippen LogP contribution < -0.4 is 5.32 Å². The van der Waals surface area contributed by atoms with Crippen LogP contribution in [0.1, 0.15) is 19.4 Å². The normalized spacial score (nSPS) is 19.1. The predicted molar refractivity (Wildman–Crippen MR) is 69.5 cm³/mol. The maximum Gasteiger partial charge on any atom is 0.323 e. The number of carboxylic acids is 1. The number of aliphatic carboxylic acids is 1. The maximum atomic E-state index is 11.0. The number of carbonyl (C=O) groups is 1. The second-order valence-electron chi connectivity index (χ2n) is 4.86. The van der Waals surface area contributed by atoms with E-state index in [1.54, 1.807) is 13.8 Å². The fourth-order valence-corrected chi connectivity index (χ4v) is 3.06. The van der Waals surface area contributed by atoms with Crippen LogP contribution >= 0.6 is 11.8 Å². The minimum Gasteiger partial charge on any atom is -0.480 e. The van der Waals surface area contributed by atoms with Gasteiger partial charge in [-0.05, 0) is 31.9 Å². The highest BCUT2D eigenvalue weighted by atomic mass is 32.2. The van der Waals surface area contributed by atoms with Crippen molar-refractivity contribution in [2.45, 2.75) is 36.0 Å². The fraction of sp³-hybridized carbons (Fsp3) is 0.462. The molecule has 17 heavy (non-hydrogen) atoms. The molecule has 0 fully saturated rings. The molecule has 92 valence electrons. The molecule has 2 rings (SSSR count). The van der Waals surface area contributed by atoms with Crippen molar-refractivity contribution in [3.8, 4) is 0 Å². The van der Waals surface area contributed by atoms with Gasteiger partial charge < -0.3 is 10.4 Å². The van der Waals surface area contributed by atoms with E-state index in [1.807, 2.05) is 17.8 Å². The van der Waals surface area contributed by atoms with E-state index in [0.29, 0.717) is 5.25 Å². The molecule has 1 aromatic carbocycles. The molecule has 1 aliphatic heterocycles. The SMILES string of the molecule is CC(C)(NCC1Cc2ccccc2S1)C(=O)O. The zero-order chi connectivity index (χ0) is 12.5. The average Bonchev–Trinajstić information content (AvgIpc) is 2.69. The van der Waals surface area contributed by atoms with Crippen molar-refractivity contribution in [3.63, 3.8) is 0 Å². The van der Waals surface area contributed by atoms with E-state index in [0.717, 1.165) is 13.0 Å². The maximum absolute atomic E-state index is 11.0. The van der Waals surface area contributed by atoms with Gasteiger partial charge in [-0.15, -0.1) is 11.8 Å². The summed E-state index contributed by atoms with van der Waals surface area (Å²) in [6.07, 6.45) is 1.02. The minimum absolute atomic E-state index is 0.436. The van der Waals surface area contributed by atoms with E-state index in [1.165, 1.54) is 10.5 Å². The van der Waals surface area contributed by atoms with Crippen molar-refractivity contribution in [1.29, 1.82) is 0 Å². The highest BCUT2D eigenvalue weighted by Gasteiger charge is 2.29. The summed E-state index contributed by atoms with van der Waals surface area (Å²) in [4.78, 5) is 12.3. The first kappa shape index (κ1) is 12.5. The minimum atomic E-state index is -0.852. The van der Waals surface area contributed by atoms with Crippen LogP contribution in [0.15, 0.2) is 29.2 Å². The van der Waals surface area contributed by atoms with Gasteiger partial charge in [0, 0.05) is 16.7 Å². The fourth-order valence-electron chi connectivity index (χ4n) is 1.81. The zero-order valence-electron chi connectivity index (χ0n) is 10.1. The molecular weight excluding hydrogens is 234 g/mol. The number of hydrogen-bond donors (Lipinski definition) is 2. The van der Waals surface area contributed by atoms with E-state index < -0.39 is 11.5 Å². The standard InChI is InChI=1S/C13H17NO2S/c1-13(2,12(15)16)14-8-10-7-9-5-3-4-6-11(9)17-10/h3-6,10,14H,7-8H2,1-2H3,(H,15,16). The molecule has 0 saturated carbocycles. The Labute approximate surface area is 106 Å². The number of hydrogen-bond acceptors (Lipinski definition) is 3. The van der Waals surface area contributed by atoms with E-state index in [4.69, 9.17) is 5.11 Å². The number of benzene rings is 1. The van der Waals surface area contributed by atoms with Gasteiger partial charge in [-0.25, -0.2) is 0 Å². The molecule has 0 bridgehead atoms. The summed E-state index contributed by atoms with van der Waals surface area (Å²) in [5, 5.41) is 12.6. The molecule has 0 radical (unpaired) electrons. The number of rotatable bonds is 4. The van der Waals surface area contributed by atoms with E-state index in [9.17, 15) is 4.79 Å². The van der Waals surface area contributed by atoms with Crippen molar-refractivity contribution < 1.29 is 9.90 Å². The molecule has 0 amide bonds. The van der Waals surface area contributed by atoms with Gasteiger partial charge in [-0.2, -0.15) is 0 Å². The second-order valence-corrected chi connectivity index (χ2v) is 6.20. The lowest BCUT2D eigenvalue weighted by Crippen LogP contribution is -2.48. The summed E-state index contributed by atoms with van der Waals surface area (Å²) in [5.41, 5.74) is 0.521. The molecule has 1 aliphatic rings. The van der Waals surface area contributed by atoms with E-state index in [2.05, 4.69) is 23.5 Å². The van der Waals surface area contributed by atoms with Crippen LogP contribution in [0.2, 0.25) is 0 Å². The van der Waals surface area contributed by atoms with Gasteiger partial charge in [-0.1, -0.05) is 18.2 Å². The average molecular weight is 251 g/mol. The first-order valence-electron chi connectivity index (χ1n) is 5.72. The quantitative estimate of drug-likeness (QED) is 0.861. The van der Waals surface area contributed by atoms with Crippen molar-refractivity contribution in [3.05, 3.63) is 29.8 Å². The molecule has 0 spiro atoms. The van der Waals surface area contributed by atoms with Crippen LogP contribution in [-0.2, 0) is 11.2 Å². The highest BCUT2D eigenvalue weighted by Crippen LogP contribution is 2.36. The monoisotopic (exact) mass is 251 g/mol. The van der Waals surface area contributed by atoms with Crippen LogP contribution in [0.3, 0.4) is 0 Å². The van der Waals surface area contributed by atoms with Crippen molar-refractivity contribution in [2.24, 2.45) is 0 Å². The van der Waals surface area contributed by atoms with Gasteiger partial charge in [0.15, 0.2) is 0 Å². The topological polar surface area (TPSA) is 49.3 Å². The van der Waals surface area contributed by atoms with Crippen LogP contribution in [0.4, 0.5) is 0 Å². The molecule has 0 aromatic heterocycles. The first-order chi connectivity index (χ1) is 7.99. The molecule has 1 atom stereocenters. The van der Waals surface area contributed by atoms with Crippen LogP contribution in [-0.4, -0.2) is 28.4 Å². The van der Waals surface area contributed by atoms with Gasteiger partial charge in [0.2, 0.25) is 0 Å². The van der Waals surface area contributed by atoms with Crippen LogP contribution in [0.5, 0.6) is 0 Å². The molecule has 4 heteroatoms.